The van der Waals surface area contributed by atoms with Crippen molar-refractivity contribution in [3.8, 4) is 0 Å². The number of nitrogens with two attached hydrogens (primary N) is 1. The molecule has 0 atom stereocenters. The van der Waals surface area contributed by atoms with Gasteiger partial charge in [0, 0.05) is 18.8 Å². The lowest BCUT2D eigenvalue weighted by molar-refractivity contribution is 0.805. The van der Waals surface area contributed by atoms with Gasteiger partial charge in [0.2, 0.25) is 5.95 Å². The van der Waals surface area contributed by atoms with Gasteiger partial charge in [0.25, 0.3) is 0 Å². The molecule has 90 valence electrons. The summed E-state index contributed by atoms with van der Waals surface area (Å²) in [4.78, 5) is 12.0. The zero-order chi connectivity index (χ0) is 11.7. The van der Waals surface area contributed by atoms with Crippen LogP contribution in [0.25, 0.3) is 10.2 Å². The summed E-state index contributed by atoms with van der Waals surface area (Å²) in [6, 6.07) is 2.09. The van der Waals surface area contributed by atoms with Crippen molar-refractivity contribution in [3.05, 3.63) is 11.4 Å². The van der Waals surface area contributed by atoms with Crippen LogP contribution in [0.5, 0.6) is 0 Å². The third-order valence-electron chi connectivity index (χ3n) is 2.84. The van der Waals surface area contributed by atoms with E-state index in [0.717, 1.165) is 34.9 Å². The molecule has 2 aromatic rings. The van der Waals surface area contributed by atoms with Gasteiger partial charge in [-0.1, -0.05) is 0 Å². The largest absolute Gasteiger partial charge is 0.368 e. The van der Waals surface area contributed by atoms with Crippen LogP contribution in [0.1, 0.15) is 6.42 Å². The molecule has 1 saturated heterocycles. The van der Waals surface area contributed by atoms with Gasteiger partial charge < -0.3 is 10.6 Å². The zero-order valence-corrected chi connectivity index (χ0v) is 11.1. The van der Waals surface area contributed by atoms with Crippen LogP contribution in [0.3, 0.4) is 0 Å². The Balaban J connectivity index is 2.05. The molecule has 3 rings (SSSR count). The van der Waals surface area contributed by atoms with Crippen molar-refractivity contribution in [1.29, 1.82) is 0 Å². The third kappa shape index (κ3) is 2.19. The topological polar surface area (TPSA) is 55.0 Å². The number of fused-ring (bicyclic) bond motifs is 1. The number of anilines is 2. The Morgan fingerprint density at radius 2 is 2.18 bits per heavy atom. The smallest absolute Gasteiger partial charge is 0.223 e. The molecular weight excluding hydrogens is 252 g/mol. The molecule has 1 aliphatic heterocycles. The molecule has 0 saturated carbocycles. The van der Waals surface area contributed by atoms with Crippen molar-refractivity contribution in [2.24, 2.45) is 0 Å². The van der Waals surface area contributed by atoms with Crippen LogP contribution in [-0.4, -0.2) is 34.6 Å². The number of nitrogen functional groups attached to an aromatic ring is 1. The summed E-state index contributed by atoms with van der Waals surface area (Å²) >= 11 is 3.63. The molecule has 0 spiro atoms. The van der Waals surface area contributed by atoms with Gasteiger partial charge in [0.05, 0.1) is 5.39 Å². The van der Waals surface area contributed by atoms with E-state index in [4.69, 9.17) is 5.73 Å². The van der Waals surface area contributed by atoms with Crippen LogP contribution in [0.2, 0.25) is 0 Å². The summed E-state index contributed by atoms with van der Waals surface area (Å²) in [5.41, 5.74) is 5.78. The molecule has 0 bridgehead atoms. The minimum atomic E-state index is 0.381. The molecular formula is C11H14N4S2. The Morgan fingerprint density at radius 1 is 1.24 bits per heavy atom. The van der Waals surface area contributed by atoms with E-state index in [1.807, 2.05) is 11.8 Å². The molecule has 0 aliphatic carbocycles. The monoisotopic (exact) mass is 266 g/mol. The van der Waals surface area contributed by atoms with E-state index in [-0.39, 0.29) is 0 Å². The van der Waals surface area contributed by atoms with Crippen LogP contribution >= 0.6 is 23.1 Å². The predicted octanol–water partition coefficient (Wildman–Crippen LogP) is 2.22. The van der Waals surface area contributed by atoms with E-state index < -0.39 is 0 Å². The molecule has 1 aliphatic rings. The van der Waals surface area contributed by atoms with Crippen LogP contribution in [0.15, 0.2) is 11.4 Å². The van der Waals surface area contributed by atoms with E-state index in [2.05, 4.69) is 26.3 Å². The van der Waals surface area contributed by atoms with Gasteiger partial charge in [-0.25, -0.2) is 4.98 Å². The molecule has 4 nitrogen and oxygen atoms in total. The predicted molar refractivity (Wildman–Crippen MR) is 76.0 cm³/mol. The maximum Gasteiger partial charge on any atom is 0.223 e. The molecule has 0 unspecified atom stereocenters. The number of rotatable bonds is 1. The number of nitrogens with zero attached hydrogens (tertiary/aromatic N) is 3. The van der Waals surface area contributed by atoms with Crippen molar-refractivity contribution in [2.75, 3.05) is 35.2 Å². The number of aromatic nitrogens is 2. The lowest BCUT2D eigenvalue weighted by Gasteiger charge is -2.21. The molecule has 2 N–H and O–H groups in total. The van der Waals surface area contributed by atoms with Gasteiger partial charge in [-0.2, -0.15) is 16.7 Å². The Bertz CT molecular complexity index is 517. The van der Waals surface area contributed by atoms with Crippen LogP contribution in [0, 0.1) is 0 Å². The normalized spacial score (nSPS) is 17.3. The quantitative estimate of drug-likeness (QED) is 0.857. The molecule has 3 heterocycles. The first kappa shape index (κ1) is 11.1. The van der Waals surface area contributed by atoms with Gasteiger partial charge >= 0.3 is 0 Å². The van der Waals surface area contributed by atoms with E-state index in [1.54, 1.807) is 11.3 Å². The second kappa shape index (κ2) is 4.70. The molecule has 0 radical (unpaired) electrons. The van der Waals surface area contributed by atoms with E-state index in [1.165, 1.54) is 12.2 Å². The molecule has 17 heavy (non-hydrogen) atoms. The van der Waals surface area contributed by atoms with Gasteiger partial charge in [-0.15, -0.1) is 11.3 Å². The first-order chi connectivity index (χ1) is 8.34. The Labute approximate surface area is 108 Å². The average Bonchev–Trinajstić information content (AvgIpc) is 2.62. The highest BCUT2D eigenvalue weighted by molar-refractivity contribution is 7.99. The SMILES string of the molecule is Nc1nc(N2CCCSCC2)c2ccsc2n1. The lowest BCUT2D eigenvalue weighted by Crippen LogP contribution is -2.26. The number of hydrogen-bond acceptors (Lipinski definition) is 6. The highest BCUT2D eigenvalue weighted by Crippen LogP contribution is 2.29. The maximum atomic E-state index is 5.78. The van der Waals surface area contributed by atoms with Crippen LogP contribution in [0.4, 0.5) is 11.8 Å². The Kier molecular flexibility index (Phi) is 3.07. The Morgan fingerprint density at radius 3 is 3.12 bits per heavy atom. The standard InChI is InChI=1S/C11H14N4S2/c12-11-13-9(8-2-6-17-10(8)14-11)15-3-1-5-16-7-4-15/h2,6H,1,3-5,7H2,(H2,12,13,14). The fourth-order valence-corrected chi connectivity index (χ4v) is 3.71. The highest BCUT2D eigenvalue weighted by atomic mass is 32.2. The molecule has 2 aromatic heterocycles. The average molecular weight is 266 g/mol. The third-order valence-corrected chi connectivity index (χ3v) is 4.70. The van der Waals surface area contributed by atoms with Crippen molar-refractivity contribution in [3.63, 3.8) is 0 Å². The summed E-state index contributed by atoms with van der Waals surface area (Å²) in [6.07, 6.45) is 1.21. The molecule has 0 aromatic carbocycles. The summed E-state index contributed by atoms with van der Waals surface area (Å²) in [6.45, 7) is 2.11. The van der Waals surface area contributed by atoms with Gasteiger partial charge in [-0.3, -0.25) is 0 Å². The van der Waals surface area contributed by atoms with Crippen molar-refractivity contribution in [2.45, 2.75) is 6.42 Å². The fourth-order valence-electron chi connectivity index (χ4n) is 2.05. The van der Waals surface area contributed by atoms with E-state index in [0.29, 0.717) is 5.95 Å². The molecule has 6 heteroatoms. The van der Waals surface area contributed by atoms with Gasteiger partial charge in [-0.05, 0) is 23.6 Å². The van der Waals surface area contributed by atoms with Crippen LogP contribution in [-0.2, 0) is 0 Å². The maximum absolute atomic E-state index is 5.78. The number of thiophene rings is 1. The zero-order valence-electron chi connectivity index (χ0n) is 9.43. The van der Waals surface area contributed by atoms with Crippen LogP contribution < -0.4 is 10.6 Å². The van der Waals surface area contributed by atoms with E-state index >= 15 is 0 Å². The minimum absolute atomic E-state index is 0.381. The molecule has 0 amide bonds. The summed E-state index contributed by atoms with van der Waals surface area (Å²) < 4.78 is 0. The summed E-state index contributed by atoms with van der Waals surface area (Å²) in [5.74, 6) is 3.79. The first-order valence-corrected chi connectivity index (χ1v) is 7.71. The summed E-state index contributed by atoms with van der Waals surface area (Å²) in [5, 5.41) is 3.19. The fraction of sp³-hybridized carbons (Fsp3) is 0.455. The first-order valence-electron chi connectivity index (χ1n) is 5.68. The lowest BCUT2D eigenvalue weighted by atomic mass is 10.3. The minimum Gasteiger partial charge on any atom is -0.368 e. The number of thioether (sulfide) groups is 1. The van der Waals surface area contributed by atoms with Crippen molar-refractivity contribution < 1.29 is 0 Å². The highest BCUT2D eigenvalue weighted by Gasteiger charge is 2.16. The Hall–Kier alpha value is -1.01. The van der Waals surface area contributed by atoms with E-state index in [9.17, 15) is 0 Å². The van der Waals surface area contributed by atoms with Gasteiger partial charge in [0.1, 0.15) is 10.6 Å². The van der Waals surface area contributed by atoms with Crippen molar-refractivity contribution >= 4 is 45.1 Å². The summed E-state index contributed by atoms with van der Waals surface area (Å²) in [7, 11) is 0. The van der Waals surface area contributed by atoms with Gasteiger partial charge in [0.15, 0.2) is 0 Å². The van der Waals surface area contributed by atoms with Crippen molar-refractivity contribution in [1.82, 2.24) is 9.97 Å². The second-order valence-corrected chi connectivity index (χ2v) is 6.12. The molecule has 1 fully saturated rings. The second-order valence-electron chi connectivity index (χ2n) is 4.00. The number of hydrogen-bond donors (Lipinski definition) is 1.